The number of nitrogens with zero attached hydrogens (tertiary/aromatic N) is 2. The summed E-state index contributed by atoms with van der Waals surface area (Å²) in [6, 6.07) is 6.59. The summed E-state index contributed by atoms with van der Waals surface area (Å²) in [7, 11) is 1.96. The van der Waals surface area contributed by atoms with Crippen LogP contribution in [0.3, 0.4) is 0 Å². The lowest BCUT2D eigenvalue weighted by Gasteiger charge is -2.04. The first-order valence-electron chi connectivity index (χ1n) is 6.38. The number of hydrogen-bond donors (Lipinski definition) is 1. The maximum absolute atomic E-state index is 4.55. The highest BCUT2D eigenvalue weighted by Crippen LogP contribution is 2.24. The van der Waals surface area contributed by atoms with Gasteiger partial charge in [-0.05, 0) is 44.5 Å². The molecule has 1 N–H and O–H groups in total. The summed E-state index contributed by atoms with van der Waals surface area (Å²) < 4.78 is 2.01. The van der Waals surface area contributed by atoms with Gasteiger partial charge in [-0.3, -0.25) is 4.68 Å². The molecule has 0 radical (unpaired) electrons. The SMILES string of the molecule is CNCCn1cc(-c2ccc(C)c(C)c2)c(C)n1. The summed E-state index contributed by atoms with van der Waals surface area (Å²) in [5.41, 5.74) is 6.24. The molecule has 0 bridgehead atoms. The minimum Gasteiger partial charge on any atom is -0.318 e. The fraction of sp³-hybridized carbons (Fsp3) is 0.400. The molecule has 0 atom stereocenters. The van der Waals surface area contributed by atoms with Crippen LogP contribution in [0, 0.1) is 20.8 Å². The Bertz CT molecular complexity index is 541. The molecule has 3 heteroatoms. The highest BCUT2D eigenvalue weighted by atomic mass is 15.3. The Morgan fingerprint density at radius 1 is 1.17 bits per heavy atom. The van der Waals surface area contributed by atoms with Crippen LogP contribution in [0.1, 0.15) is 16.8 Å². The Morgan fingerprint density at radius 2 is 1.94 bits per heavy atom. The first kappa shape index (κ1) is 12.8. The molecule has 0 aliphatic carbocycles. The molecule has 1 aromatic heterocycles. The Labute approximate surface area is 109 Å². The van der Waals surface area contributed by atoms with Gasteiger partial charge in [0.25, 0.3) is 0 Å². The molecule has 0 aliphatic heterocycles. The monoisotopic (exact) mass is 243 g/mol. The maximum Gasteiger partial charge on any atom is 0.0672 e. The molecule has 0 aliphatic rings. The standard InChI is InChI=1S/C15H21N3/c1-11-5-6-14(9-12(11)2)15-10-18(8-7-16-4)17-13(15)3/h5-6,9-10,16H,7-8H2,1-4H3. The van der Waals surface area contributed by atoms with Crippen molar-refractivity contribution in [1.29, 1.82) is 0 Å². The minimum atomic E-state index is 0.905. The molecule has 1 heterocycles. The molecular formula is C15H21N3. The molecule has 2 rings (SSSR count). The van der Waals surface area contributed by atoms with Crippen LogP contribution >= 0.6 is 0 Å². The predicted molar refractivity (Wildman–Crippen MR) is 75.8 cm³/mol. The van der Waals surface area contributed by atoms with E-state index in [1.807, 2.05) is 11.7 Å². The van der Waals surface area contributed by atoms with Crippen molar-refractivity contribution in [2.24, 2.45) is 0 Å². The molecule has 18 heavy (non-hydrogen) atoms. The second kappa shape index (κ2) is 5.36. The Balaban J connectivity index is 2.32. The van der Waals surface area contributed by atoms with E-state index < -0.39 is 0 Å². The number of hydrogen-bond acceptors (Lipinski definition) is 2. The van der Waals surface area contributed by atoms with Crippen molar-refractivity contribution < 1.29 is 0 Å². The summed E-state index contributed by atoms with van der Waals surface area (Å²) in [6.45, 7) is 8.21. The van der Waals surface area contributed by atoms with Crippen molar-refractivity contribution in [2.45, 2.75) is 27.3 Å². The van der Waals surface area contributed by atoms with Crippen molar-refractivity contribution >= 4 is 0 Å². The van der Waals surface area contributed by atoms with Crippen LogP contribution in [0.25, 0.3) is 11.1 Å². The molecule has 0 unspecified atom stereocenters. The van der Waals surface area contributed by atoms with Crippen LogP contribution in [0.5, 0.6) is 0 Å². The fourth-order valence-corrected chi connectivity index (χ4v) is 2.05. The van der Waals surface area contributed by atoms with Gasteiger partial charge in [0, 0.05) is 18.3 Å². The van der Waals surface area contributed by atoms with Gasteiger partial charge in [-0.1, -0.05) is 18.2 Å². The number of likely N-dealkylation sites (N-methyl/N-ethyl adjacent to an activating group) is 1. The predicted octanol–water partition coefficient (Wildman–Crippen LogP) is 2.69. The van der Waals surface area contributed by atoms with Crippen LogP contribution in [-0.2, 0) is 6.54 Å². The van der Waals surface area contributed by atoms with Crippen LogP contribution < -0.4 is 5.32 Å². The van der Waals surface area contributed by atoms with Gasteiger partial charge in [-0.25, -0.2) is 0 Å². The maximum atomic E-state index is 4.55. The smallest absolute Gasteiger partial charge is 0.0672 e. The van der Waals surface area contributed by atoms with Crippen LogP contribution in [0.4, 0.5) is 0 Å². The number of rotatable bonds is 4. The molecule has 2 aromatic rings. The number of benzene rings is 1. The fourth-order valence-electron chi connectivity index (χ4n) is 2.05. The van der Waals surface area contributed by atoms with Gasteiger partial charge >= 0.3 is 0 Å². The largest absolute Gasteiger partial charge is 0.318 e. The summed E-state index contributed by atoms with van der Waals surface area (Å²) >= 11 is 0. The van der Waals surface area contributed by atoms with E-state index in [9.17, 15) is 0 Å². The average molecular weight is 243 g/mol. The zero-order valence-electron chi connectivity index (χ0n) is 11.6. The molecule has 0 amide bonds. The third-order valence-electron chi connectivity index (χ3n) is 3.36. The van der Waals surface area contributed by atoms with Gasteiger partial charge in [-0.15, -0.1) is 0 Å². The first-order chi connectivity index (χ1) is 8.61. The van der Waals surface area contributed by atoms with Crippen molar-refractivity contribution in [3.63, 3.8) is 0 Å². The molecule has 0 saturated carbocycles. The zero-order valence-corrected chi connectivity index (χ0v) is 11.6. The van der Waals surface area contributed by atoms with Gasteiger partial charge in [0.2, 0.25) is 0 Å². The third kappa shape index (κ3) is 2.62. The third-order valence-corrected chi connectivity index (χ3v) is 3.36. The van der Waals surface area contributed by atoms with Crippen molar-refractivity contribution in [3.8, 4) is 11.1 Å². The number of nitrogens with one attached hydrogen (secondary N) is 1. The number of aryl methyl sites for hydroxylation is 3. The second-order valence-electron chi connectivity index (χ2n) is 4.79. The van der Waals surface area contributed by atoms with E-state index in [-0.39, 0.29) is 0 Å². The normalized spacial score (nSPS) is 10.9. The van der Waals surface area contributed by atoms with E-state index in [2.05, 4.69) is 55.6 Å². The van der Waals surface area contributed by atoms with Gasteiger partial charge in [0.15, 0.2) is 0 Å². The molecule has 96 valence electrons. The lowest BCUT2D eigenvalue weighted by Crippen LogP contribution is -2.15. The minimum absolute atomic E-state index is 0.905. The second-order valence-corrected chi connectivity index (χ2v) is 4.79. The highest BCUT2D eigenvalue weighted by molar-refractivity contribution is 5.66. The van der Waals surface area contributed by atoms with Crippen LogP contribution in [0.15, 0.2) is 24.4 Å². The lowest BCUT2D eigenvalue weighted by atomic mass is 10.0. The highest BCUT2D eigenvalue weighted by Gasteiger charge is 2.07. The molecule has 0 fully saturated rings. The van der Waals surface area contributed by atoms with Gasteiger partial charge < -0.3 is 5.32 Å². The molecule has 0 saturated heterocycles. The van der Waals surface area contributed by atoms with Crippen molar-refractivity contribution in [2.75, 3.05) is 13.6 Å². The molecule has 3 nitrogen and oxygen atoms in total. The van der Waals surface area contributed by atoms with Gasteiger partial charge in [0.05, 0.1) is 12.2 Å². The lowest BCUT2D eigenvalue weighted by molar-refractivity contribution is 0.581. The van der Waals surface area contributed by atoms with Gasteiger partial charge in [-0.2, -0.15) is 5.10 Å². The topological polar surface area (TPSA) is 29.9 Å². The van der Waals surface area contributed by atoms with Gasteiger partial charge in [0.1, 0.15) is 0 Å². The van der Waals surface area contributed by atoms with Crippen LogP contribution in [-0.4, -0.2) is 23.4 Å². The average Bonchev–Trinajstić information content (AvgIpc) is 2.71. The molecule has 1 aromatic carbocycles. The quantitative estimate of drug-likeness (QED) is 0.894. The van der Waals surface area contributed by atoms with E-state index in [0.29, 0.717) is 0 Å². The molecule has 0 spiro atoms. The van der Waals surface area contributed by atoms with Crippen molar-refractivity contribution in [3.05, 3.63) is 41.2 Å². The molecular weight excluding hydrogens is 222 g/mol. The zero-order chi connectivity index (χ0) is 13.1. The van der Waals surface area contributed by atoms with E-state index in [1.54, 1.807) is 0 Å². The van der Waals surface area contributed by atoms with E-state index in [0.717, 1.165) is 18.8 Å². The summed E-state index contributed by atoms with van der Waals surface area (Å²) in [5.74, 6) is 0. The Morgan fingerprint density at radius 3 is 2.61 bits per heavy atom. The summed E-state index contributed by atoms with van der Waals surface area (Å²) in [4.78, 5) is 0. The first-order valence-corrected chi connectivity index (χ1v) is 6.38. The van der Waals surface area contributed by atoms with E-state index in [1.165, 1.54) is 22.3 Å². The van der Waals surface area contributed by atoms with E-state index >= 15 is 0 Å². The summed E-state index contributed by atoms with van der Waals surface area (Å²) in [5, 5.41) is 7.69. The Hall–Kier alpha value is -1.61. The van der Waals surface area contributed by atoms with Crippen LogP contribution in [0.2, 0.25) is 0 Å². The Kier molecular flexibility index (Phi) is 3.82. The van der Waals surface area contributed by atoms with Crippen molar-refractivity contribution in [1.82, 2.24) is 15.1 Å². The van der Waals surface area contributed by atoms with E-state index in [4.69, 9.17) is 0 Å². The number of aromatic nitrogens is 2. The summed E-state index contributed by atoms with van der Waals surface area (Å²) in [6.07, 6.45) is 2.14.